The van der Waals surface area contributed by atoms with Crippen LogP contribution in [0, 0.1) is 0 Å². The van der Waals surface area contributed by atoms with Gasteiger partial charge in [0.25, 0.3) is 0 Å². The maximum Gasteiger partial charge on any atom is 0.311 e. The maximum atomic E-state index is 11.5. The lowest BCUT2D eigenvalue weighted by Gasteiger charge is -2.08. The molecular weight excluding hydrogens is 280 g/mol. The molecule has 94 valence electrons. The highest BCUT2D eigenvalue weighted by atomic mass is 79.9. The van der Waals surface area contributed by atoms with Gasteiger partial charge in [0.1, 0.15) is 5.75 Å². The molecule has 0 radical (unpaired) electrons. The van der Waals surface area contributed by atoms with E-state index >= 15 is 0 Å². The van der Waals surface area contributed by atoms with Crippen LogP contribution < -0.4 is 4.74 Å². The molecule has 1 unspecified atom stereocenters. The van der Waals surface area contributed by atoms with Gasteiger partial charge in [0.2, 0.25) is 0 Å². The Bertz CT molecular complexity index is 324. The van der Waals surface area contributed by atoms with Crippen LogP contribution in [0.2, 0.25) is 0 Å². The minimum absolute atomic E-state index is 0.155. The minimum atomic E-state index is -0.155. The van der Waals surface area contributed by atoms with Crippen LogP contribution in [0.4, 0.5) is 0 Å². The van der Waals surface area contributed by atoms with E-state index in [0.717, 1.165) is 12.8 Å². The van der Waals surface area contributed by atoms with Crippen molar-refractivity contribution in [3.8, 4) is 5.75 Å². The van der Waals surface area contributed by atoms with Crippen molar-refractivity contribution in [1.29, 1.82) is 0 Å². The van der Waals surface area contributed by atoms with Gasteiger partial charge in [0, 0.05) is 11.2 Å². The summed E-state index contributed by atoms with van der Waals surface area (Å²) < 4.78 is 5.21. The van der Waals surface area contributed by atoms with Crippen molar-refractivity contribution >= 4 is 21.9 Å². The van der Waals surface area contributed by atoms with Crippen LogP contribution in [0.3, 0.4) is 0 Å². The average Bonchev–Trinajstić information content (AvgIpc) is 2.35. The van der Waals surface area contributed by atoms with Crippen molar-refractivity contribution in [3.63, 3.8) is 0 Å². The molecule has 0 aliphatic carbocycles. The highest BCUT2D eigenvalue weighted by molar-refractivity contribution is 9.09. The zero-order valence-corrected chi connectivity index (χ0v) is 11.8. The molecule has 0 aliphatic heterocycles. The predicted molar refractivity (Wildman–Crippen MR) is 73.6 cm³/mol. The molecule has 0 saturated carbocycles. The number of halogens is 1. The number of unbranched alkanes of at least 4 members (excludes halogenated alkanes) is 1. The molecule has 0 heterocycles. The van der Waals surface area contributed by atoms with Gasteiger partial charge < -0.3 is 4.74 Å². The molecule has 1 atom stereocenters. The first-order chi connectivity index (χ1) is 8.22. The van der Waals surface area contributed by atoms with Crippen LogP contribution in [0.25, 0.3) is 0 Å². The van der Waals surface area contributed by atoms with Gasteiger partial charge in [0.15, 0.2) is 0 Å². The quantitative estimate of drug-likeness (QED) is 0.425. The molecule has 17 heavy (non-hydrogen) atoms. The van der Waals surface area contributed by atoms with Gasteiger partial charge in [-0.05, 0) is 25.0 Å². The summed E-state index contributed by atoms with van der Waals surface area (Å²) in [6, 6.07) is 9.20. The number of ether oxygens (including phenoxy) is 1. The second-order valence-electron chi connectivity index (χ2n) is 4.07. The Kier molecular flexibility index (Phi) is 6.94. The Morgan fingerprint density at radius 1 is 1.29 bits per heavy atom. The molecule has 0 N–H and O–H groups in total. The summed E-state index contributed by atoms with van der Waals surface area (Å²) in [6.07, 6.45) is 4.82. The summed E-state index contributed by atoms with van der Waals surface area (Å²) in [5.41, 5.74) is 0. The van der Waals surface area contributed by atoms with Gasteiger partial charge in [-0.3, -0.25) is 4.79 Å². The van der Waals surface area contributed by atoms with Gasteiger partial charge in [-0.15, -0.1) is 0 Å². The molecule has 0 spiro atoms. The molecule has 1 aromatic carbocycles. The number of alkyl halides is 1. The number of carbonyl (C=O) groups excluding carboxylic acids is 1. The molecule has 0 saturated heterocycles. The first-order valence-corrected chi connectivity index (χ1v) is 7.03. The third-order valence-electron chi connectivity index (χ3n) is 2.51. The molecule has 2 nitrogen and oxygen atoms in total. The lowest BCUT2D eigenvalue weighted by molar-refractivity contribution is -0.134. The van der Waals surface area contributed by atoms with Gasteiger partial charge in [-0.25, -0.2) is 0 Å². The predicted octanol–water partition coefficient (Wildman–Crippen LogP) is 4.33. The fourth-order valence-electron chi connectivity index (χ4n) is 1.52. The molecule has 0 aromatic heterocycles. The molecule has 3 heteroatoms. The maximum absolute atomic E-state index is 11.5. The van der Waals surface area contributed by atoms with Crippen LogP contribution >= 0.6 is 15.9 Å². The highest BCUT2D eigenvalue weighted by Crippen LogP contribution is 2.17. The van der Waals surface area contributed by atoms with Crippen LogP contribution in [0.1, 0.15) is 39.0 Å². The first-order valence-electron chi connectivity index (χ1n) is 6.12. The molecule has 0 amide bonds. The van der Waals surface area contributed by atoms with E-state index in [1.165, 1.54) is 12.8 Å². The lowest BCUT2D eigenvalue weighted by atomic mass is 10.1. The summed E-state index contributed by atoms with van der Waals surface area (Å²) in [4.78, 5) is 12.0. The van der Waals surface area contributed by atoms with E-state index < -0.39 is 0 Å². The Balaban J connectivity index is 2.21. The first kappa shape index (κ1) is 14.2. The second-order valence-corrected chi connectivity index (χ2v) is 5.36. The van der Waals surface area contributed by atoms with E-state index in [-0.39, 0.29) is 5.97 Å². The third kappa shape index (κ3) is 6.47. The van der Waals surface area contributed by atoms with Crippen molar-refractivity contribution in [2.24, 2.45) is 0 Å². The van der Waals surface area contributed by atoms with Crippen molar-refractivity contribution in [3.05, 3.63) is 30.3 Å². The molecule has 0 fully saturated rings. The molecule has 1 rings (SSSR count). The van der Waals surface area contributed by atoms with E-state index in [2.05, 4.69) is 22.9 Å². The second kappa shape index (κ2) is 8.29. The number of para-hydroxylation sites is 1. The van der Waals surface area contributed by atoms with E-state index in [1.54, 1.807) is 12.1 Å². The Hall–Kier alpha value is -0.830. The van der Waals surface area contributed by atoms with E-state index in [9.17, 15) is 4.79 Å². The number of esters is 1. The van der Waals surface area contributed by atoms with Gasteiger partial charge in [0.05, 0.1) is 0 Å². The average molecular weight is 299 g/mol. The zero-order chi connectivity index (χ0) is 12.5. The minimum Gasteiger partial charge on any atom is -0.427 e. The molecular formula is C14H19BrO2. The molecule has 0 bridgehead atoms. The number of hydrogen-bond donors (Lipinski definition) is 0. The van der Waals surface area contributed by atoms with Crippen LogP contribution in [0.5, 0.6) is 5.75 Å². The third-order valence-corrected chi connectivity index (χ3v) is 3.42. The zero-order valence-electron chi connectivity index (χ0n) is 10.2. The Morgan fingerprint density at radius 2 is 2.00 bits per heavy atom. The lowest BCUT2D eigenvalue weighted by Crippen LogP contribution is -2.10. The summed E-state index contributed by atoms with van der Waals surface area (Å²) in [6.45, 7) is 2.17. The monoisotopic (exact) mass is 298 g/mol. The Morgan fingerprint density at radius 3 is 2.65 bits per heavy atom. The number of hydrogen-bond acceptors (Lipinski definition) is 2. The van der Waals surface area contributed by atoms with Crippen LogP contribution in [-0.2, 0) is 4.79 Å². The van der Waals surface area contributed by atoms with Gasteiger partial charge >= 0.3 is 5.97 Å². The highest BCUT2D eigenvalue weighted by Gasteiger charge is 2.09. The number of rotatable bonds is 7. The van der Waals surface area contributed by atoms with Crippen LogP contribution in [-0.4, -0.2) is 10.8 Å². The van der Waals surface area contributed by atoms with Crippen molar-refractivity contribution in [2.75, 3.05) is 0 Å². The fraction of sp³-hybridized carbons (Fsp3) is 0.500. The number of carbonyl (C=O) groups is 1. The SMILES string of the molecule is CCCCC(Br)CCC(=O)Oc1ccccc1. The van der Waals surface area contributed by atoms with E-state index in [1.807, 2.05) is 18.2 Å². The largest absolute Gasteiger partial charge is 0.427 e. The Labute approximate surface area is 111 Å². The van der Waals surface area contributed by atoms with E-state index in [4.69, 9.17) is 4.74 Å². The summed E-state index contributed by atoms with van der Waals surface area (Å²) >= 11 is 3.59. The fourth-order valence-corrected chi connectivity index (χ4v) is 2.07. The topological polar surface area (TPSA) is 26.3 Å². The summed E-state index contributed by atoms with van der Waals surface area (Å²) in [5, 5.41) is 0. The van der Waals surface area contributed by atoms with Crippen LogP contribution in [0.15, 0.2) is 30.3 Å². The van der Waals surface area contributed by atoms with E-state index in [0.29, 0.717) is 17.0 Å². The normalized spacial score (nSPS) is 12.1. The molecule has 1 aromatic rings. The smallest absolute Gasteiger partial charge is 0.311 e. The van der Waals surface area contributed by atoms with Crippen molar-refractivity contribution in [1.82, 2.24) is 0 Å². The molecule has 0 aliphatic rings. The summed E-state index contributed by atoms with van der Waals surface area (Å²) in [7, 11) is 0. The summed E-state index contributed by atoms with van der Waals surface area (Å²) in [5.74, 6) is 0.467. The van der Waals surface area contributed by atoms with Gasteiger partial charge in [-0.1, -0.05) is 53.9 Å². The standard InChI is InChI=1S/C14H19BrO2/c1-2-3-7-12(15)10-11-14(16)17-13-8-5-4-6-9-13/h4-6,8-9,12H,2-3,7,10-11H2,1H3. The van der Waals surface area contributed by atoms with Crippen molar-refractivity contribution < 1.29 is 9.53 Å². The number of benzene rings is 1. The van der Waals surface area contributed by atoms with Gasteiger partial charge in [-0.2, -0.15) is 0 Å². The van der Waals surface area contributed by atoms with Crippen molar-refractivity contribution in [2.45, 2.75) is 43.9 Å².